The number of hydrogen-bond donors (Lipinski definition) is 0. The lowest BCUT2D eigenvalue weighted by Crippen LogP contribution is -1.97. The molecule has 1 aliphatic carbocycles. The number of fused-ring (bicyclic) bond motifs is 13. The van der Waals surface area contributed by atoms with E-state index in [0.29, 0.717) is 0 Å². The summed E-state index contributed by atoms with van der Waals surface area (Å²) in [7, 11) is 0. The molecule has 236 valence electrons. The van der Waals surface area contributed by atoms with E-state index in [0.717, 1.165) is 21.9 Å². The Bertz CT molecular complexity index is 2970. The van der Waals surface area contributed by atoms with Crippen molar-refractivity contribution in [1.29, 1.82) is 0 Å². The smallest absolute Gasteiger partial charge is 0.135 e. The first-order valence-corrected chi connectivity index (χ1v) is 17.6. The zero-order valence-electron chi connectivity index (χ0n) is 27.7. The van der Waals surface area contributed by atoms with Crippen LogP contribution in [0.3, 0.4) is 0 Å². The van der Waals surface area contributed by atoms with Crippen molar-refractivity contribution in [2.45, 2.75) is 0 Å². The van der Waals surface area contributed by atoms with Crippen molar-refractivity contribution in [3.05, 3.63) is 182 Å². The van der Waals surface area contributed by atoms with Gasteiger partial charge in [-0.05, 0) is 113 Å². The Kier molecular flexibility index (Phi) is 6.02. The molecule has 10 aromatic rings. The van der Waals surface area contributed by atoms with Gasteiger partial charge in [0.05, 0.1) is 0 Å². The van der Waals surface area contributed by atoms with Crippen LogP contribution in [0, 0.1) is 0 Å². The zero-order valence-corrected chi connectivity index (χ0v) is 27.7. The van der Waals surface area contributed by atoms with E-state index in [2.05, 4.69) is 170 Å². The summed E-state index contributed by atoms with van der Waals surface area (Å²) in [5.41, 5.74) is 16.8. The van der Waals surface area contributed by atoms with Gasteiger partial charge in [-0.15, -0.1) is 0 Å². The van der Waals surface area contributed by atoms with E-state index in [4.69, 9.17) is 4.42 Å². The molecular weight excluding hydrogens is 617 g/mol. The van der Waals surface area contributed by atoms with Gasteiger partial charge in [0.25, 0.3) is 0 Å². The summed E-state index contributed by atoms with van der Waals surface area (Å²) in [6.07, 6.45) is 0. The number of para-hydroxylation sites is 1. The van der Waals surface area contributed by atoms with E-state index in [1.54, 1.807) is 0 Å². The van der Waals surface area contributed by atoms with Gasteiger partial charge in [-0.2, -0.15) is 0 Å². The van der Waals surface area contributed by atoms with E-state index in [9.17, 15) is 0 Å². The van der Waals surface area contributed by atoms with Crippen molar-refractivity contribution < 1.29 is 4.42 Å². The van der Waals surface area contributed by atoms with Crippen LogP contribution in [0.25, 0.3) is 110 Å². The standard InChI is InChI=1S/C50H30O/c1-2-14-34-33(13-1)35-15-3-4-17-37(35)39-27-25-31(29-45(39)38-18-6-5-16-36(34)38)49-41-20-7-9-22-43(41)50(44-23-10-8-21-42(44)49)32-26-28-48-46(30-32)40-19-11-12-24-47(40)51-48/h1-30H. The van der Waals surface area contributed by atoms with Gasteiger partial charge in [-0.1, -0.05) is 158 Å². The number of rotatable bonds is 2. The predicted octanol–water partition coefficient (Wildman–Crippen LogP) is 14.2. The van der Waals surface area contributed by atoms with E-state index in [-0.39, 0.29) is 0 Å². The fraction of sp³-hybridized carbons (Fsp3) is 0. The van der Waals surface area contributed by atoms with Crippen LogP contribution in [-0.2, 0) is 0 Å². The van der Waals surface area contributed by atoms with Gasteiger partial charge < -0.3 is 4.42 Å². The zero-order chi connectivity index (χ0) is 33.5. The summed E-state index contributed by atoms with van der Waals surface area (Å²) in [5, 5.41) is 7.25. The highest BCUT2D eigenvalue weighted by Gasteiger charge is 2.23. The lowest BCUT2D eigenvalue weighted by molar-refractivity contribution is 0.669. The first-order valence-electron chi connectivity index (χ1n) is 17.6. The summed E-state index contributed by atoms with van der Waals surface area (Å²) in [4.78, 5) is 0. The highest BCUT2D eigenvalue weighted by Crippen LogP contribution is 2.50. The first kappa shape index (κ1) is 28.2. The van der Waals surface area contributed by atoms with Crippen molar-refractivity contribution in [3.8, 4) is 66.8 Å². The van der Waals surface area contributed by atoms with Crippen LogP contribution in [0.15, 0.2) is 186 Å². The summed E-state index contributed by atoms with van der Waals surface area (Å²) in [5.74, 6) is 0. The quantitative estimate of drug-likeness (QED) is 0.170. The molecule has 1 aromatic heterocycles. The fourth-order valence-electron chi connectivity index (χ4n) is 8.65. The third-order valence-electron chi connectivity index (χ3n) is 10.8. The Balaban J connectivity index is 1.21. The Labute approximate surface area is 295 Å². The van der Waals surface area contributed by atoms with Gasteiger partial charge >= 0.3 is 0 Å². The van der Waals surface area contributed by atoms with E-state index in [1.165, 1.54) is 88.3 Å². The minimum Gasteiger partial charge on any atom is -0.456 e. The summed E-state index contributed by atoms with van der Waals surface area (Å²) in [6, 6.07) is 66.6. The molecule has 0 aliphatic heterocycles. The average molecular weight is 647 g/mol. The van der Waals surface area contributed by atoms with Gasteiger partial charge in [0, 0.05) is 10.8 Å². The van der Waals surface area contributed by atoms with Crippen molar-refractivity contribution >= 4 is 43.5 Å². The minimum absolute atomic E-state index is 0.912. The second-order valence-electron chi connectivity index (χ2n) is 13.5. The molecule has 11 rings (SSSR count). The predicted molar refractivity (Wildman–Crippen MR) is 215 cm³/mol. The topological polar surface area (TPSA) is 13.1 Å². The van der Waals surface area contributed by atoms with Crippen molar-refractivity contribution in [2.75, 3.05) is 0 Å². The van der Waals surface area contributed by atoms with Crippen LogP contribution in [-0.4, -0.2) is 0 Å². The molecule has 1 nitrogen and oxygen atoms in total. The number of furan rings is 1. The average Bonchev–Trinajstić information content (AvgIpc) is 3.57. The lowest BCUT2D eigenvalue weighted by Gasteiger charge is -2.24. The van der Waals surface area contributed by atoms with Crippen molar-refractivity contribution in [3.63, 3.8) is 0 Å². The molecule has 1 heteroatoms. The summed E-state index contributed by atoms with van der Waals surface area (Å²) >= 11 is 0. The maximum absolute atomic E-state index is 6.22. The molecule has 51 heavy (non-hydrogen) atoms. The molecule has 0 saturated heterocycles. The van der Waals surface area contributed by atoms with Crippen LogP contribution in [0.5, 0.6) is 0 Å². The molecule has 0 saturated carbocycles. The van der Waals surface area contributed by atoms with Crippen LogP contribution in [0.1, 0.15) is 0 Å². The third-order valence-corrected chi connectivity index (χ3v) is 10.8. The molecular formula is C50H30O. The number of benzene rings is 9. The summed E-state index contributed by atoms with van der Waals surface area (Å²) in [6.45, 7) is 0. The Morgan fingerprint density at radius 3 is 1.10 bits per heavy atom. The van der Waals surface area contributed by atoms with E-state index >= 15 is 0 Å². The highest BCUT2D eigenvalue weighted by molar-refractivity contribution is 6.22. The largest absolute Gasteiger partial charge is 0.456 e. The van der Waals surface area contributed by atoms with Crippen LogP contribution >= 0.6 is 0 Å². The maximum atomic E-state index is 6.22. The molecule has 0 fully saturated rings. The van der Waals surface area contributed by atoms with Gasteiger partial charge in [0.15, 0.2) is 0 Å². The minimum atomic E-state index is 0.912. The molecule has 0 spiro atoms. The van der Waals surface area contributed by atoms with E-state index < -0.39 is 0 Å². The second-order valence-corrected chi connectivity index (χ2v) is 13.5. The van der Waals surface area contributed by atoms with E-state index in [1.807, 2.05) is 12.1 Å². The van der Waals surface area contributed by atoms with Crippen molar-refractivity contribution in [2.24, 2.45) is 0 Å². The molecule has 0 unspecified atom stereocenters. The van der Waals surface area contributed by atoms with Crippen LogP contribution in [0.2, 0.25) is 0 Å². The summed E-state index contributed by atoms with van der Waals surface area (Å²) < 4.78 is 6.22. The normalized spacial score (nSPS) is 11.9. The van der Waals surface area contributed by atoms with Gasteiger partial charge in [0.1, 0.15) is 11.2 Å². The number of hydrogen-bond acceptors (Lipinski definition) is 1. The molecule has 1 heterocycles. The van der Waals surface area contributed by atoms with Gasteiger partial charge in [0.2, 0.25) is 0 Å². The molecule has 0 N–H and O–H groups in total. The maximum Gasteiger partial charge on any atom is 0.135 e. The van der Waals surface area contributed by atoms with Gasteiger partial charge in [-0.3, -0.25) is 0 Å². The highest BCUT2D eigenvalue weighted by atomic mass is 16.3. The Morgan fingerprint density at radius 2 is 0.588 bits per heavy atom. The molecule has 0 bridgehead atoms. The molecule has 0 amide bonds. The van der Waals surface area contributed by atoms with Crippen molar-refractivity contribution in [1.82, 2.24) is 0 Å². The molecule has 0 atom stereocenters. The first-order chi connectivity index (χ1) is 25.3. The Hall–Kier alpha value is -6.70. The second kappa shape index (κ2) is 10.9. The molecule has 0 radical (unpaired) electrons. The Morgan fingerprint density at radius 1 is 0.235 bits per heavy atom. The molecule has 1 aliphatic rings. The fourth-order valence-corrected chi connectivity index (χ4v) is 8.65. The third kappa shape index (κ3) is 4.16. The lowest BCUT2D eigenvalue weighted by atomic mass is 9.79. The van der Waals surface area contributed by atoms with Crippen LogP contribution < -0.4 is 0 Å². The monoisotopic (exact) mass is 646 g/mol. The van der Waals surface area contributed by atoms with Crippen LogP contribution in [0.4, 0.5) is 0 Å². The van der Waals surface area contributed by atoms with Gasteiger partial charge in [-0.25, -0.2) is 0 Å². The molecule has 9 aromatic carbocycles. The SMILES string of the molecule is c1ccc2c(c1)-c1ccccc1-c1ccc(-c3c4ccccc4c(-c4ccc5oc6ccccc6c5c4)c4ccccc34)cc1-c1ccccc1-2.